The molecule has 1 aromatic carbocycles. The van der Waals surface area contributed by atoms with Crippen molar-refractivity contribution in [2.45, 2.75) is 12.7 Å². The number of hydrogen-bond donors (Lipinski definition) is 0. The van der Waals surface area contributed by atoms with Crippen LogP contribution in [0.3, 0.4) is 0 Å². The second kappa shape index (κ2) is 6.72. The van der Waals surface area contributed by atoms with Crippen molar-refractivity contribution in [3.63, 3.8) is 0 Å². The van der Waals surface area contributed by atoms with Crippen LogP contribution < -0.4 is 0 Å². The van der Waals surface area contributed by atoms with E-state index in [1.54, 1.807) is 6.08 Å². The Hall–Kier alpha value is -2.34. The lowest BCUT2D eigenvalue weighted by molar-refractivity contribution is -0.188. The van der Waals surface area contributed by atoms with Gasteiger partial charge < -0.3 is 9.47 Å². The average molecular weight is 277 g/mol. The highest BCUT2D eigenvalue weighted by molar-refractivity contribution is 5.77. The van der Waals surface area contributed by atoms with Crippen LogP contribution in [0, 0.1) is 0 Å². The summed E-state index contributed by atoms with van der Waals surface area (Å²) in [5.74, 6) is -0.568. The lowest BCUT2D eigenvalue weighted by atomic mass is 10.2. The summed E-state index contributed by atoms with van der Waals surface area (Å²) < 4.78 is 9.66. The molecule has 0 radical (unpaired) electrons. The second-order valence-corrected chi connectivity index (χ2v) is 4.08. The van der Waals surface area contributed by atoms with Crippen LogP contribution >= 0.6 is 0 Å². The summed E-state index contributed by atoms with van der Waals surface area (Å²) in [6.45, 7) is 0.368. The van der Waals surface area contributed by atoms with E-state index in [-0.39, 0.29) is 13.2 Å². The number of rotatable bonds is 3. The topological polar surface area (TPSA) is 65.1 Å². The van der Waals surface area contributed by atoms with Crippen molar-refractivity contribution in [1.29, 1.82) is 0 Å². The van der Waals surface area contributed by atoms with Crippen molar-refractivity contribution in [2.24, 2.45) is 0 Å². The van der Waals surface area contributed by atoms with Gasteiger partial charge in [0, 0.05) is 0 Å². The van der Waals surface area contributed by atoms with Gasteiger partial charge in [0.15, 0.2) is 0 Å². The van der Waals surface area contributed by atoms with Crippen LogP contribution in [0.2, 0.25) is 0 Å². The number of carbonyl (C=O) groups is 2. The maximum absolute atomic E-state index is 11.8. The van der Waals surface area contributed by atoms with E-state index in [9.17, 15) is 9.59 Å². The molecule has 6 heteroatoms. The summed E-state index contributed by atoms with van der Waals surface area (Å²) in [7, 11) is 1.26. The van der Waals surface area contributed by atoms with Gasteiger partial charge in [-0.2, -0.15) is 5.06 Å². The smallest absolute Gasteiger partial charge is 0.434 e. The van der Waals surface area contributed by atoms with E-state index < -0.39 is 18.2 Å². The molecule has 0 bridgehead atoms. The summed E-state index contributed by atoms with van der Waals surface area (Å²) in [6.07, 6.45) is 1.62. The first-order chi connectivity index (χ1) is 9.70. The van der Waals surface area contributed by atoms with Crippen LogP contribution in [0.15, 0.2) is 42.5 Å². The van der Waals surface area contributed by atoms with Crippen LogP contribution in [-0.2, 0) is 25.7 Å². The van der Waals surface area contributed by atoms with Gasteiger partial charge in [0.05, 0.1) is 13.7 Å². The van der Waals surface area contributed by atoms with Crippen molar-refractivity contribution in [2.75, 3.05) is 13.7 Å². The van der Waals surface area contributed by atoms with Gasteiger partial charge in [0.2, 0.25) is 6.10 Å². The summed E-state index contributed by atoms with van der Waals surface area (Å²) >= 11 is 0. The predicted molar refractivity (Wildman–Crippen MR) is 69.4 cm³/mol. The minimum atomic E-state index is -0.918. The highest BCUT2D eigenvalue weighted by Gasteiger charge is 2.27. The minimum absolute atomic E-state index is 0.145. The molecule has 1 aliphatic rings. The Kier molecular flexibility index (Phi) is 4.73. The molecule has 1 aromatic rings. The van der Waals surface area contributed by atoms with E-state index in [0.29, 0.717) is 0 Å². The van der Waals surface area contributed by atoms with Gasteiger partial charge in [0.1, 0.15) is 6.61 Å². The van der Waals surface area contributed by atoms with E-state index in [4.69, 9.17) is 9.57 Å². The van der Waals surface area contributed by atoms with E-state index in [2.05, 4.69) is 4.74 Å². The molecule has 1 aliphatic heterocycles. The molecule has 6 nitrogen and oxygen atoms in total. The fraction of sp³-hybridized carbons (Fsp3) is 0.286. The van der Waals surface area contributed by atoms with Gasteiger partial charge in [-0.15, -0.1) is 0 Å². The average Bonchev–Trinajstić information content (AvgIpc) is 2.53. The highest BCUT2D eigenvalue weighted by atomic mass is 16.7. The number of methoxy groups -OCH3 is 1. The number of amides is 1. The Bertz CT molecular complexity index is 500. The van der Waals surface area contributed by atoms with Gasteiger partial charge in [-0.25, -0.2) is 14.4 Å². The third-order valence-electron chi connectivity index (χ3n) is 2.67. The molecule has 1 atom stereocenters. The van der Waals surface area contributed by atoms with E-state index in [0.717, 1.165) is 10.6 Å². The molecule has 0 fully saturated rings. The zero-order valence-electron chi connectivity index (χ0n) is 11.0. The number of benzene rings is 1. The third-order valence-corrected chi connectivity index (χ3v) is 2.67. The maximum atomic E-state index is 11.8. The molecule has 2 rings (SSSR count). The predicted octanol–water partition coefficient (Wildman–Crippen LogP) is 1.67. The van der Waals surface area contributed by atoms with Crippen molar-refractivity contribution in [3.8, 4) is 0 Å². The number of hydroxylamine groups is 2. The zero-order valence-corrected chi connectivity index (χ0v) is 11.0. The van der Waals surface area contributed by atoms with Crippen molar-refractivity contribution < 1.29 is 23.9 Å². The van der Waals surface area contributed by atoms with Gasteiger partial charge >= 0.3 is 12.1 Å². The van der Waals surface area contributed by atoms with E-state index in [1.807, 2.05) is 30.3 Å². The van der Waals surface area contributed by atoms with Crippen molar-refractivity contribution >= 4 is 12.1 Å². The SMILES string of the molecule is COC(=O)[C@H]1C=CCN(C(=O)OCc2ccccc2)O1. The lowest BCUT2D eigenvalue weighted by Crippen LogP contribution is -2.41. The first-order valence-electron chi connectivity index (χ1n) is 6.10. The molecule has 0 spiro atoms. The van der Waals surface area contributed by atoms with E-state index >= 15 is 0 Å². The molecule has 106 valence electrons. The quantitative estimate of drug-likeness (QED) is 0.621. The molecule has 0 unspecified atom stereocenters. The molecular formula is C14H15NO5. The van der Waals surface area contributed by atoms with Gasteiger partial charge in [-0.05, 0) is 11.6 Å². The fourth-order valence-electron chi connectivity index (χ4n) is 1.64. The number of ether oxygens (including phenoxy) is 2. The van der Waals surface area contributed by atoms with Crippen LogP contribution in [0.25, 0.3) is 0 Å². The Labute approximate surface area is 116 Å². The zero-order chi connectivity index (χ0) is 14.4. The first kappa shape index (κ1) is 14.1. The maximum Gasteiger partial charge on any atom is 0.434 e. The van der Waals surface area contributed by atoms with E-state index in [1.165, 1.54) is 13.2 Å². The number of hydrogen-bond acceptors (Lipinski definition) is 5. The molecule has 1 heterocycles. The third kappa shape index (κ3) is 3.58. The van der Waals surface area contributed by atoms with Crippen LogP contribution in [-0.4, -0.2) is 36.9 Å². The number of esters is 1. The molecule has 20 heavy (non-hydrogen) atoms. The standard InChI is InChI=1S/C14H15NO5/c1-18-13(16)12-8-5-9-15(20-12)14(17)19-10-11-6-3-2-4-7-11/h2-8,12H,9-10H2,1H3/t12-/m1/s1. The molecular weight excluding hydrogens is 262 g/mol. The van der Waals surface area contributed by atoms with Crippen LogP contribution in [0.5, 0.6) is 0 Å². The summed E-state index contributed by atoms with van der Waals surface area (Å²) in [4.78, 5) is 28.3. The summed E-state index contributed by atoms with van der Waals surface area (Å²) in [6, 6.07) is 9.29. The molecule has 0 saturated carbocycles. The normalized spacial score (nSPS) is 17.6. The summed E-state index contributed by atoms with van der Waals surface area (Å²) in [5, 5.41) is 0.991. The summed E-state index contributed by atoms with van der Waals surface area (Å²) in [5.41, 5.74) is 0.873. The van der Waals surface area contributed by atoms with Crippen molar-refractivity contribution in [1.82, 2.24) is 5.06 Å². The Morgan fingerprint density at radius 3 is 2.80 bits per heavy atom. The van der Waals surface area contributed by atoms with Gasteiger partial charge in [-0.3, -0.25) is 0 Å². The first-order valence-corrected chi connectivity index (χ1v) is 6.10. The minimum Gasteiger partial charge on any atom is -0.467 e. The van der Waals surface area contributed by atoms with Crippen molar-refractivity contribution in [3.05, 3.63) is 48.0 Å². The molecule has 0 aromatic heterocycles. The lowest BCUT2D eigenvalue weighted by Gasteiger charge is -2.26. The number of nitrogens with zero attached hydrogens (tertiary/aromatic N) is 1. The van der Waals surface area contributed by atoms with Gasteiger partial charge in [0.25, 0.3) is 0 Å². The second-order valence-electron chi connectivity index (χ2n) is 4.08. The number of carbonyl (C=O) groups excluding carboxylic acids is 2. The molecule has 0 aliphatic carbocycles. The van der Waals surface area contributed by atoms with Crippen LogP contribution in [0.1, 0.15) is 5.56 Å². The molecule has 0 N–H and O–H groups in total. The molecule has 1 amide bonds. The Balaban J connectivity index is 1.87. The highest BCUT2D eigenvalue weighted by Crippen LogP contribution is 2.11. The Morgan fingerprint density at radius 1 is 1.35 bits per heavy atom. The monoisotopic (exact) mass is 277 g/mol. The molecule has 0 saturated heterocycles. The Morgan fingerprint density at radius 2 is 2.10 bits per heavy atom. The fourth-order valence-corrected chi connectivity index (χ4v) is 1.64. The largest absolute Gasteiger partial charge is 0.467 e. The van der Waals surface area contributed by atoms with Gasteiger partial charge in [-0.1, -0.05) is 36.4 Å². The van der Waals surface area contributed by atoms with Crippen LogP contribution in [0.4, 0.5) is 4.79 Å².